The van der Waals surface area contributed by atoms with Crippen molar-refractivity contribution in [1.82, 2.24) is 0 Å². The molecule has 0 fully saturated rings. The summed E-state index contributed by atoms with van der Waals surface area (Å²) in [4.78, 5) is 0. The number of rotatable bonds is 2. The summed E-state index contributed by atoms with van der Waals surface area (Å²) in [6.45, 7) is 3.30. The van der Waals surface area contributed by atoms with Gasteiger partial charge in [0.25, 0.3) is 0 Å². The quantitative estimate of drug-likeness (QED) is 0.316. The van der Waals surface area contributed by atoms with Crippen molar-refractivity contribution in [3.63, 3.8) is 0 Å². The molecule has 0 aromatic heterocycles. The van der Waals surface area contributed by atoms with Crippen LogP contribution in [-0.2, 0) is 0 Å². The third kappa shape index (κ3) is 5.43. The molecule has 0 aromatic carbocycles. The molecule has 0 saturated carbocycles. The molecule has 0 aliphatic rings. The van der Waals surface area contributed by atoms with Crippen molar-refractivity contribution in [3.8, 4) is 0 Å². The van der Waals surface area contributed by atoms with Gasteiger partial charge in [-0.15, -0.1) is 5.16 Å². The van der Waals surface area contributed by atoms with E-state index in [0.29, 0.717) is 6.42 Å². The largest absolute Gasteiger partial charge is 0.411 e. The summed E-state index contributed by atoms with van der Waals surface area (Å²) < 4.78 is 0. The van der Waals surface area contributed by atoms with Crippen LogP contribution >= 0.6 is 0 Å². The zero-order chi connectivity index (χ0) is 6.62. The summed E-state index contributed by atoms with van der Waals surface area (Å²) in [5, 5.41) is 19.6. The first-order valence-electron chi connectivity index (χ1n) is 2.44. The molecular formula is C5H11NO2. The normalized spacial score (nSPS) is 12.9. The van der Waals surface area contributed by atoms with Crippen molar-refractivity contribution >= 4 is 6.21 Å². The average Bonchev–Trinajstić information content (AvgIpc) is 1.59. The van der Waals surface area contributed by atoms with Crippen LogP contribution in [-0.4, -0.2) is 22.1 Å². The highest BCUT2D eigenvalue weighted by Crippen LogP contribution is 2.03. The van der Waals surface area contributed by atoms with Gasteiger partial charge >= 0.3 is 0 Å². The van der Waals surface area contributed by atoms with E-state index in [1.54, 1.807) is 13.8 Å². The maximum Gasteiger partial charge on any atom is 0.0642 e. The molecule has 0 unspecified atom stereocenters. The monoisotopic (exact) mass is 117 g/mol. The van der Waals surface area contributed by atoms with E-state index in [1.807, 2.05) is 0 Å². The molecule has 0 rings (SSSR count). The van der Waals surface area contributed by atoms with Crippen molar-refractivity contribution in [2.45, 2.75) is 25.9 Å². The predicted octanol–water partition coefficient (Wildman–Crippen LogP) is 0.607. The first-order chi connectivity index (χ1) is 3.56. The number of oxime groups is 1. The molecule has 0 aliphatic carbocycles. The van der Waals surface area contributed by atoms with Crippen molar-refractivity contribution < 1.29 is 10.3 Å². The van der Waals surface area contributed by atoms with Crippen LogP contribution in [0.3, 0.4) is 0 Å². The van der Waals surface area contributed by atoms with Crippen LogP contribution in [0.2, 0.25) is 0 Å². The minimum atomic E-state index is -0.758. The van der Waals surface area contributed by atoms with Gasteiger partial charge in [-0.05, 0) is 13.8 Å². The third-order valence-electron chi connectivity index (χ3n) is 0.672. The minimum Gasteiger partial charge on any atom is -0.411 e. The van der Waals surface area contributed by atoms with Gasteiger partial charge in [0.05, 0.1) is 5.60 Å². The Labute approximate surface area is 48.6 Å². The Bertz CT molecular complexity index is 82.9. The Balaban J connectivity index is 3.39. The van der Waals surface area contributed by atoms with Gasteiger partial charge in [0.15, 0.2) is 0 Å². The molecular weight excluding hydrogens is 106 g/mol. The van der Waals surface area contributed by atoms with E-state index in [9.17, 15) is 0 Å². The fourth-order valence-corrected chi connectivity index (χ4v) is 0.264. The highest BCUT2D eigenvalue weighted by molar-refractivity contribution is 5.57. The van der Waals surface area contributed by atoms with E-state index in [4.69, 9.17) is 10.3 Å². The predicted molar refractivity (Wildman–Crippen MR) is 31.2 cm³/mol. The molecule has 0 heterocycles. The fourth-order valence-electron chi connectivity index (χ4n) is 0.264. The molecule has 0 amide bonds. The molecule has 0 bridgehead atoms. The van der Waals surface area contributed by atoms with Crippen LogP contribution < -0.4 is 0 Å². The lowest BCUT2D eigenvalue weighted by atomic mass is 10.1. The summed E-state index contributed by atoms with van der Waals surface area (Å²) in [5.41, 5.74) is -0.758. The van der Waals surface area contributed by atoms with E-state index in [2.05, 4.69) is 5.16 Å². The topological polar surface area (TPSA) is 52.8 Å². The summed E-state index contributed by atoms with van der Waals surface area (Å²) in [6, 6.07) is 0. The molecule has 48 valence electrons. The van der Waals surface area contributed by atoms with Gasteiger partial charge in [-0.25, -0.2) is 0 Å². The van der Waals surface area contributed by atoms with Gasteiger partial charge < -0.3 is 10.3 Å². The summed E-state index contributed by atoms with van der Waals surface area (Å²) in [6.07, 6.45) is 1.64. The SMILES string of the molecule is CC(C)(O)C/C=N/O. The molecule has 3 nitrogen and oxygen atoms in total. The minimum absolute atomic E-state index is 0.378. The van der Waals surface area contributed by atoms with Crippen molar-refractivity contribution in [1.29, 1.82) is 0 Å². The number of hydrogen-bond acceptors (Lipinski definition) is 3. The molecule has 8 heavy (non-hydrogen) atoms. The van der Waals surface area contributed by atoms with Crippen LogP contribution in [0.5, 0.6) is 0 Å². The van der Waals surface area contributed by atoms with E-state index in [1.165, 1.54) is 6.21 Å². The molecule has 0 atom stereocenters. The van der Waals surface area contributed by atoms with Gasteiger partial charge in [-0.2, -0.15) is 0 Å². The third-order valence-corrected chi connectivity index (χ3v) is 0.672. The van der Waals surface area contributed by atoms with E-state index >= 15 is 0 Å². The number of nitrogens with zero attached hydrogens (tertiary/aromatic N) is 1. The molecule has 0 spiro atoms. The van der Waals surface area contributed by atoms with Crippen LogP contribution in [0.1, 0.15) is 20.3 Å². The summed E-state index contributed by atoms with van der Waals surface area (Å²) in [7, 11) is 0. The molecule has 0 aromatic rings. The second-order valence-corrected chi connectivity index (χ2v) is 2.31. The molecule has 2 N–H and O–H groups in total. The summed E-state index contributed by atoms with van der Waals surface area (Å²) >= 11 is 0. The van der Waals surface area contributed by atoms with Gasteiger partial charge in [0.1, 0.15) is 0 Å². The van der Waals surface area contributed by atoms with Gasteiger partial charge in [0, 0.05) is 12.6 Å². The lowest BCUT2D eigenvalue weighted by molar-refractivity contribution is 0.0889. The Morgan fingerprint density at radius 3 is 2.25 bits per heavy atom. The Morgan fingerprint density at radius 1 is 1.62 bits per heavy atom. The average molecular weight is 117 g/mol. The lowest BCUT2D eigenvalue weighted by Gasteiger charge is -2.11. The maximum atomic E-state index is 8.95. The van der Waals surface area contributed by atoms with Crippen LogP contribution in [0.15, 0.2) is 5.16 Å². The zero-order valence-corrected chi connectivity index (χ0v) is 5.13. The molecule has 0 saturated heterocycles. The van der Waals surface area contributed by atoms with Crippen LogP contribution in [0, 0.1) is 0 Å². The second-order valence-electron chi connectivity index (χ2n) is 2.31. The van der Waals surface area contributed by atoms with E-state index < -0.39 is 5.60 Å². The van der Waals surface area contributed by atoms with E-state index in [-0.39, 0.29) is 0 Å². The molecule has 0 radical (unpaired) electrons. The van der Waals surface area contributed by atoms with Gasteiger partial charge in [0.2, 0.25) is 0 Å². The van der Waals surface area contributed by atoms with Crippen LogP contribution in [0.25, 0.3) is 0 Å². The van der Waals surface area contributed by atoms with Crippen molar-refractivity contribution in [2.24, 2.45) is 5.16 Å². The fraction of sp³-hybridized carbons (Fsp3) is 0.800. The smallest absolute Gasteiger partial charge is 0.0642 e. The Morgan fingerprint density at radius 2 is 2.12 bits per heavy atom. The zero-order valence-electron chi connectivity index (χ0n) is 5.13. The van der Waals surface area contributed by atoms with E-state index in [0.717, 1.165) is 0 Å². The highest BCUT2D eigenvalue weighted by Gasteiger charge is 2.08. The van der Waals surface area contributed by atoms with Crippen molar-refractivity contribution in [3.05, 3.63) is 0 Å². The summed E-state index contributed by atoms with van der Waals surface area (Å²) in [5.74, 6) is 0. The number of aliphatic hydroxyl groups is 1. The lowest BCUT2D eigenvalue weighted by Crippen LogP contribution is -2.18. The Kier molecular flexibility index (Phi) is 2.48. The second kappa shape index (κ2) is 2.67. The number of hydrogen-bond donors (Lipinski definition) is 2. The molecule has 0 aliphatic heterocycles. The van der Waals surface area contributed by atoms with Crippen molar-refractivity contribution in [2.75, 3.05) is 0 Å². The maximum absolute atomic E-state index is 8.95. The van der Waals surface area contributed by atoms with Gasteiger partial charge in [-0.1, -0.05) is 0 Å². The first-order valence-corrected chi connectivity index (χ1v) is 2.44. The first kappa shape index (κ1) is 7.43. The van der Waals surface area contributed by atoms with Gasteiger partial charge in [-0.3, -0.25) is 0 Å². The highest BCUT2D eigenvalue weighted by atomic mass is 16.4. The molecule has 3 heteroatoms. The Hall–Kier alpha value is -0.570. The standard InChI is InChI=1S/C5H11NO2/c1-5(2,7)3-4-6-8/h4,7-8H,3H2,1-2H3/b6-4+. The van der Waals surface area contributed by atoms with Crippen LogP contribution in [0.4, 0.5) is 0 Å².